The third-order valence-corrected chi connectivity index (χ3v) is 4.70. The molecule has 0 aliphatic heterocycles. The maximum Gasteiger partial charge on any atom is 0.516 e. The van der Waals surface area contributed by atoms with E-state index >= 15 is 0 Å². The normalized spacial score (nSPS) is 12.6. The van der Waals surface area contributed by atoms with Crippen molar-refractivity contribution in [2.24, 2.45) is 5.10 Å². The largest absolute Gasteiger partial charge is 0.516 e. The number of halogens is 4. The highest BCUT2D eigenvalue weighted by atomic mass is 35.5. The average Bonchev–Trinajstić information content (AvgIpc) is 2.60. The molecule has 0 amide bonds. The van der Waals surface area contributed by atoms with Gasteiger partial charge in [-0.05, 0) is 49.4 Å². The van der Waals surface area contributed by atoms with E-state index in [9.17, 15) is 21.6 Å². The molecular weight excluding hydrogens is 407 g/mol. The third kappa shape index (κ3) is 5.27. The third-order valence-electron chi connectivity index (χ3n) is 3.36. The molecule has 0 spiro atoms. The first-order chi connectivity index (χ1) is 12.5. The molecule has 2 aromatic rings. The number of hydrazone groups is 1. The monoisotopic (exact) mass is 421 g/mol. The van der Waals surface area contributed by atoms with E-state index in [1.165, 1.54) is 30.9 Å². The molecule has 0 atom stereocenters. The van der Waals surface area contributed by atoms with Crippen LogP contribution in [0.4, 0.5) is 24.5 Å². The minimum Gasteiger partial charge on any atom is -0.497 e. The summed E-state index contributed by atoms with van der Waals surface area (Å²) in [6.45, 7) is 1.49. The molecule has 0 fully saturated rings. The van der Waals surface area contributed by atoms with Gasteiger partial charge < -0.3 is 4.74 Å². The van der Waals surface area contributed by atoms with Crippen molar-refractivity contribution in [3.8, 4) is 5.75 Å². The molecule has 0 radical (unpaired) electrons. The first-order valence-corrected chi connectivity index (χ1v) is 9.23. The maximum atomic E-state index is 12.6. The standard InChI is InChI=1S/C16H15ClF3N3O3S/c1-10(21-22-12-4-6-13(26-2)7-5-12)14-9-11(17)3-8-15(14)23-27(24,25)16(18,19)20/h3-9,22-23H,1-2H3/b21-10+. The van der Waals surface area contributed by atoms with Gasteiger partial charge in [0.1, 0.15) is 5.75 Å². The number of nitrogens with one attached hydrogen (secondary N) is 2. The first kappa shape index (κ1) is 20.8. The molecule has 0 aliphatic carbocycles. The van der Waals surface area contributed by atoms with Crippen LogP contribution in [0.5, 0.6) is 5.75 Å². The highest BCUT2D eigenvalue weighted by Gasteiger charge is 2.46. The van der Waals surface area contributed by atoms with Crippen molar-refractivity contribution >= 4 is 38.7 Å². The van der Waals surface area contributed by atoms with Gasteiger partial charge in [0.15, 0.2) is 0 Å². The fraction of sp³-hybridized carbons (Fsp3) is 0.188. The van der Waals surface area contributed by atoms with Crippen LogP contribution < -0.4 is 14.9 Å². The van der Waals surface area contributed by atoms with Gasteiger partial charge in [-0.1, -0.05) is 11.6 Å². The fourth-order valence-electron chi connectivity index (χ4n) is 1.98. The Labute approximate surface area is 159 Å². The van der Waals surface area contributed by atoms with Crippen molar-refractivity contribution < 1.29 is 26.3 Å². The lowest BCUT2D eigenvalue weighted by molar-refractivity contribution is -0.0429. The molecular formula is C16H15ClF3N3O3S. The first-order valence-electron chi connectivity index (χ1n) is 7.37. The van der Waals surface area contributed by atoms with E-state index in [2.05, 4.69) is 10.5 Å². The Morgan fingerprint density at radius 3 is 2.33 bits per heavy atom. The zero-order valence-electron chi connectivity index (χ0n) is 14.1. The van der Waals surface area contributed by atoms with Crippen molar-refractivity contribution in [2.75, 3.05) is 17.3 Å². The lowest BCUT2D eigenvalue weighted by Gasteiger charge is -2.14. The van der Waals surface area contributed by atoms with E-state index in [4.69, 9.17) is 16.3 Å². The summed E-state index contributed by atoms with van der Waals surface area (Å²) in [4.78, 5) is 0. The van der Waals surface area contributed by atoms with Crippen LogP contribution >= 0.6 is 11.6 Å². The van der Waals surface area contributed by atoms with Crippen LogP contribution in [0, 0.1) is 0 Å². The number of hydrogen-bond acceptors (Lipinski definition) is 5. The van der Waals surface area contributed by atoms with Gasteiger partial charge in [0, 0.05) is 10.6 Å². The molecule has 2 N–H and O–H groups in total. The zero-order valence-corrected chi connectivity index (χ0v) is 15.7. The SMILES string of the molecule is COc1ccc(N/N=C(\C)c2cc(Cl)ccc2NS(=O)(=O)C(F)(F)F)cc1. The maximum absolute atomic E-state index is 12.6. The summed E-state index contributed by atoms with van der Waals surface area (Å²) in [6.07, 6.45) is 0. The summed E-state index contributed by atoms with van der Waals surface area (Å²) >= 11 is 5.88. The molecule has 0 saturated carbocycles. The zero-order chi connectivity index (χ0) is 20.2. The smallest absolute Gasteiger partial charge is 0.497 e. The van der Waals surface area contributed by atoms with Crippen molar-refractivity contribution in [1.82, 2.24) is 0 Å². The number of hydrogen-bond donors (Lipinski definition) is 2. The Morgan fingerprint density at radius 1 is 1.15 bits per heavy atom. The number of nitrogens with zero attached hydrogens (tertiary/aromatic N) is 1. The molecule has 0 heterocycles. The van der Waals surface area contributed by atoms with Gasteiger partial charge in [-0.3, -0.25) is 10.1 Å². The molecule has 0 unspecified atom stereocenters. The number of alkyl halides is 3. The van der Waals surface area contributed by atoms with E-state index in [0.29, 0.717) is 11.4 Å². The van der Waals surface area contributed by atoms with Gasteiger partial charge in [-0.2, -0.15) is 26.7 Å². The lowest BCUT2D eigenvalue weighted by Crippen LogP contribution is -2.30. The highest BCUT2D eigenvalue weighted by Crippen LogP contribution is 2.29. The van der Waals surface area contributed by atoms with Gasteiger partial charge in [0.05, 0.1) is 24.2 Å². The van der Waals surface area contributed by atoms with E-state index in [0.717, 1.165) is 6.07 Å². The number of methoxy groups -OCH3 is 1. The molecule has 0 bridgehead atoms. The molecule has 0 aromatic heterocycles. The molecule has 6 nitrogen and oxygen atoms in total. The average molecular weight is 422 g/mol. The van der Waals surface area contributed by atoms with Gasteiger partial charge in [-0.25, -0.2) is 0 Å². The van der Waals surface area contributed by atoms with E-state index in [-0.39, 0.29) is 22.0 Å². The highest BCUT2D eigenvalue weighted by molar-refractivity contribution is 7.93. The Kier molecular flexibility index (Phi) is 6.22. The minimum absolute atomic E-state index is 0.0938. The second-order valence-electron chi connectivity index (χ2n) is 5.28. The predicted molar refractivity (Wildman–Crippen MR) is 98.9 cm³/mol. The van der Waals surface area contributed by atoms with E-state index < -0.39 is 15.5 Å². The Morgan fingerprint density at radius 2 is 1.78 bits per heavy atom. The van der Waals surface area contributed by atoms with Gasteiger partial charge in [0.2, 0.25) is 0 Å². The summed E-state index contributed by atoms with van der Waals surface area (Å²) in [5.41, 5.74) is -2.12. The second-order valence-corrected chi connectivity index (χ2v) is 7.39. The summed E-state index contributed by atoms with van der Waals surface area (Å²) < 4.78 is 67.2. The van der Waals surface area contributed by atoms with E-state index in [1.807, 2.05) is 0 Å². The van der Waals surface area contributed by atoms with Crippen LogP contribution in [0.3, 0.4) is 0 Å². The number of sulfonamides is 1. The summed E-state index contributed by atoms with van der Waals surface area (Å²) in [6, 6.07) is 10.5. The molecule has 0 saturated heterocycles. The second kappa shape index (κ2) is 8.05. The van der Waals surface area contributed by atoms with Crippen molar-refractivity contribution in [3.63, 3.8) is 0 Å². The van der Waals surface area contributed by atoms with Gasteiger partial charge in [0.25, 0.3) is 0 Å². The number of rotatable bonds is 6. The Bertz CT molecular complexity index is 946. The van der Waals surface area contributed by atoms with Crippen LogP contribution in [0.25, 0.3) is 0 Å². The quantitative estimate of drug-likeness (QED) is 0.533. The van der Waals surface area contributed by atoms with Gasteiger partial charge >= 0.3 is 15.5 Å². The van der Waals surface area contributed by atoms with Crippen LogP contribution in [0.15, 0.2) is 47.6 Å². The summed E-state index contributed by atoms with van der Waals surface area (Å²) in [7, 11) is -4.06. The minimum atomic E-state index is -5.58. The van der Waals surface area contributed by atoms with Gasteiger partial charge in [-0.15, -0.1) is 0 Å². The molecule has 2 rings (SSSR count). The summed E-state index contributed by atoms with van der Waals surface area (Å²) in [5, 5.41) is 4.27. The molecule has 0 aliphatic rings. The lowest BCUT2D eigenvalue weighted by atomic mass is 10.1. The molecule has 2 aromatic carbocycles. The number of anilines is 2. The van der Waals surface area contributed by atoms with Crippen molar-refractivity contribution in [2.45, 2.75) is 12.4 Å². The number of benzene rings is 2. The molecule has 27 heavy (non-hydrogen) atoms. The van der Waals surface area contributed by atoms with Crippen LogP contribution in [-0.4, -0.2) is 26.7 Å². The van der Waals surface area contributed by atoms with Crippen LogP contribution in [-0.2, 0) is 10.0 Å². The van der Waals surface area contributed by atoms with Crippen molar-refractivity contribution in [1.29, 1.82) is 0 Å². The van der Waals surface area contributed by atoms with Crippen molar-refractivity contribution in [3.05, 3.63) is 53.1 Å². The summed E-state index contributed by atoms with van der Waals surface area (Å²) in [5.74, 6) is 0.639. The fourth-order valence-corrected chi connectivity index (χ4v) is 2.74. The topological polar surface area (TPSA) is 79.8 Å². The number of ether oxygens (including phenoxy) is 1. The predicted octanol–water partition coefficient (Wildman–Crippen LogP) is 4.45. The molecule has 146 valence electrons. The van der Waals surface area contributed by atoms with E-state index in [1.54, 1.807) is 24.3 Å². The molecule has 11 heteroatoms. The van der Waals surface area contributed by atoms with Crippen LogP contribution in [0.1, 0.15) is 12.5 Å². The van der Waals surface area contributed by atoms with Crippen LogP contribution in [0.2, 0.25) is 5.02 Å². The Hall–Kier alpha value is -2.46. The Balaban J connectivity index is 2.31.